The number of carboxylic acids is 1. The van der Waals surface area contributed by atoms with Gasteiger partial charge in [-0.3, -0.25) is 9.59 Å². The summed E-state index contributed by atoms with van der Waals surface area (Å²) in [7, 11) is 0. The number of piperidine rings is 1. The van der Waals surface area contributed by atoms with Crippen molar-refractivity contribution in [2.24, 2.45) is 11.8 Å². The summed E-state index contributed by atoms with van der Waals surface area (Å²) in [5.41, 5.74) is 2.24. The number of rotatable bonds is 3. The van der Waals surface area contributed by atoms with Gasteiger partial charge in [-0.05, 0) is 38.2 Å². The Hall–Kier alpha value is -1.88. The van der Waals surface area contributed by atoms with Crippen LogP contribution < -0.4 is 0 Å². The molecule has 0 saturated carbocycles. The lowest BCUT2D eigenvalue weighted by atomic mass is 9.87. The summed E-state index contributed by atoms with van der Waals surface area (Å²) in [6, 6.07) is 8.19. The molecule has 3 rings (SSSR count). The highest BCUT2D eigenvalue weighted by molar-refractivity contribution is 5.80. The van der Waals surface area contributed by atoms with Crippen LogP contribution in [0.1, 0.15) is 42.9 Å². The van der Waals surface area contributed by atoms with E-state index in [0.29, 0.717) is 32.5 Å². The second-order valence-electron chi connectivity index (χ2n) is 6.89. The molecule has 2 aliphatic rings. The van der Waals surface area contributed by atoms with Gasteiger partial charge >= 0.3 is 5.97 Å². The topological polar surface area (TPSA) is 66.8 Å². The zero-order chi connectivity index (χ0) is 17.1. The highest BCUT2D eigenvalue weighted by Gasteiger charge is 2.37. The van der Waals surface area contributed by atoms with E-state index < -0.39 is 5.97 Å². The summed E-state index contributed by atoms with van der Waals surface area (Å²) in [6.45, 7) is 3.80. The van der Waals surface area contributed by atoms with Crippen LogP contribution in [-0.2, 0) is 14.3 Å². The van der Waals surface area contributed by atoms with Gasteiger partial charge in [-0.2, -0.15) is 0 Å². The predicted molar refractivity (Wildman–Crippen MR) is 89.5 cm³/mol. The summed E-state index contributed by atoms with van der Waals surface area (Å²) < 4.78 is 5.95. The normalized spacial score (nSPS) is 25.5. The zero-order valence-corrected chi connectivity index (χ0v) is 14.1. The standard InChI is InChI=1S/C19H25NO4/c1-13-4-6-14(7-5-13)17-16(3-2-12-24-17)18(21)20-10-8-15(9-11-20)19(22)23/h4-7,15-17H,2-3,8-12H2,1H3,(H,22,23)/t16-,17+/m1/s1. The number of amides is 1. The van der Waals surface area contributed by atoms with Crippen LogP contribution in [0.5, 0.6) is 0 Å². The van der Waals surface area contributed by atoms with Gasteiger partial charge in [0.1, 0.15) is 0 Å². The van der Waals surface area contributed by atoms with Crippen LogP contribution in [0.3, 0.4) is 0 Å². The monoisotopic (exact) mass is 331 g/mol. The second-order valence-corrected chi connectivity index (χ2v) is 6.89. The van der Waals surface area contributed by atoms with Crippen molar-refractivity contribution in [2.45, 2.75) is 38.7 Å². The van der Waals surface area contributed by atoms with Crippen molar-refractivity contribution in [2.75, 3.05) is 19.7 Å². The summed E-state index contributed by atoms with van der Waals surface area (Å²) in [6.07, 6.45) is 2.62. The van der Waals surface area contributed by atoms with E-state index in [9.17, 15) is 9.59 Å². The van der Waals surface area contributed by atoms with Crippen molar-refractivity contribution >= 4 is 11.9 Å². The first kappa shape index (κ1) is 17.0. The predicted octanol–water partition coefficient (Wildman–Crippen LogP) is 2.79. The lowest BCUT2D eigenvalue weighted by Crippen LogP contribution is -2.45. The molecule has 0 bridgehead atoms. The number of carbonyl (C=O) groups is 2. The molecule has 2 heterocycles. The maximum atomic E-state index is 13.0. The van der Waals surface area contributed by atoms with Crippen LogP contribution in [0.15, 0.2) is 24.3 Å². The van der Waals surface area contributed by atoms with E-state index in [1.165, 1.54) is 5.56 Å². The summed E-state index contributed by atoms with van der Waals surface area (Å²) >= 11 is 0. The molecule has 0 radical (unpaired) electrons. The Kier molecular flexibility index (Phi) is 5.19. The molecule has 0 unspecified atom stereocenters. The molecule has 130 valence electrons. The Labute approximate surface area is 142 Å². The third-order valence-electron chi connectivity index (χ3n) is 5.20. The molecule has 2 saturated heterocycles. The molecule has 5 heteroatoms. The van der Waals surface area contributed by atoms with Gasteiger partial charge < -0.3 is 14.7 Å². The van der Waals surface area contributed by atoms with Gasteiger partial charge in [0.15, 0.2) is 0 Å². The lowest BCUT2D eigenvalue weighted by molar-refractivity contribution is -0.151. The van der Waals surface area contributed by atoms with Crippen molar-refractivity contribution in [3.05, 3.63) is 35.4 Å². The summed E-state index contributed by atoms with van der Waals surface area (Å²) in [5.74, 6) is -1.11. The molecule has 24 heavy (non-hydrogen) atoms. The van der Waals surface area contributed by atoms with Crippen molar-refractivity contribution in [1.29, 1.82) is 0 Å². The van der Waals surface area contributed by atoms with Crippen molar-refractivity contribution in [3.63, 3.8) is 0 Å². The molecule has 1 aromatic rings. The van der Waals surface area contributed by atoms with E-state index >= 15 is 0 Å². The first-order valence-corrected chi connectivity index (χ1v) is 8.76. The zero-order valence-electron chi connectivity index (χ0n) is 14.1. The van der Waals surface area contributed by atoms with Gasteiger partial charge in [0.25, 0.3) is 0 Å². The number of hydrogen-bond acceptors (Lipinski definition) is 3. The Balaban J connectivity index is 1.70. The minimum absolute atomic E-state index is 0.115. The van der Waals surface area contributed by atoms with Crippen LogP contribution in [0.25, 0.3) is 0 Å². The first-order valence-electron chi connectivity index (χ1n) is 8.76. The van der Waals surface area contributed by atoms with Crippen LogP contribution in [-0.4, -0.2) is 41.6 Å². The van der Waals surface area contributed by atoms with Crippen LogP contribution >= 0.6 is 0 Å². The molecule has 0 aliphatic carbocycles. The number of likely N-dealkylation sites (tertiary alicyclic amines) is 1. The molecule has 1 amide bonds. The Bertz CT molecular complexity index is 590. The van der Waals surface area contributed by atoms with Gasteiger partial charge in [0, 0.05) is 19.7 Å². The van der Waals surface area contributed by atoms with Gasteiger partial charge in [-0.15, -0.1) is 0 Å². The summed E-state index contributed by atoms with van der Waals surface area (Å²) in [4.78, 5) is 25.9. The smallest absolute Gasteiger partial charge is 0.306 e. The highest BCUT2D eigenvalue weighted by Crippen LogP contribution is 2.35. The van der Waals surface area contributed by atoms with E-state index in [1.54, 1.807) is 0 Å². The molecular weight excluding hydrogens is 306 g/mol. The molecule has 0 aromatic heterocycles. The molecule has 1 N–H and O–H groups in total. The van der Waals surface area contributed by atoms with Gasteiger partial charge in [0.2, 0.25) is 5.91 Å². The highest BCUT2D eigenvalue weighted by atomic mass is 16.5. The van der Waals surface area contributed by atoms with Crippen LogP contribution in [0.2, 0.25) is 0 Å². The van der Waals surface area contributed by atoms with E-state index in [4.69, 9.17) is 9.84 Å². The van der Waals surface area contributed by atoms with Crippen molar-refractivity contribution in [3.8, 4) is 0 Å². The van der Waals surface area contributed by atoms with Gasteiger partial charge in [0.05, 0.1) is 17.9 Å². The first-order chi connectivity index (χ1) is 11.6. The molecule has 1 aromatic carbocycles. The number of carboxylic acid groups (broad SMARTS) is 1. The number of aliphatic carboxylic acids is 1. The third-order valence-corrected chi connectivity index (χ3v) is 5.20. The quantitative estimate of drug-likeness (QED) is 0.925. The average molecular weight is 331 g/mol. The number of aryl methyl sites for hydroxylation is 1. The minimum atomic E-state index is -0.749. The van der Waals surface area contributed by atoms with Gasteiger partial charge in [-0.25, -0.2) is 0 Å². The molecule has 2 fully saturated rings. The summed E-state index contributed by atoms with van der Waals surface area (Å²) in [5, 5.41) is 9.10. The van der Waals surface area contributed by atoms with Crippen molar-refractivity contribution in [1.82, 2.24) is 4.90 Å². The number of nitrogens with zero attached hydrogens (tertiary/aromatic N) is 1. The Morgan fingerprint density at radius 1 is 1.12 bits per heavy atom. The fourth-order valence-corrected chi connectivity index (χ4v) is 3.70. The maximum Gasteiger partial charge on any atom is 0.306 e. The minimum Gasteiger partial charge on any atom is -0.481 e. The Morgan fingerprint density at radius 2 is 1.79 bits per heavy atom. The Morgan fingerprint density at radius 3 is 2.42 bits per heavy atom. The lowest BCUT2D eigenvalue weighted by Gasteiger charge is -2.37. The average Bonchev–Trinajstić information content (AvgIpc) is 2.62. The number of hydrogen-bond donors (Lipinski definition) is 1. The third kappa shape index (κ3) is 3.61. The number of benzene rings is 1. The fraction of sp³-hybridized carbons (Fsp3) is 0.579. The number of ether oxygens (including phenoxy) is 1. The molecule has 5 nitrogen and oxygen atoms in total. The van der Waals surface area contributed by atoms with E-state index in [-0.39, 0.29) is 23.8 Å². The largest absolute Gasteiger partial charge is 0.481 e. The molecule has 0 spiro atoms. The molecule has 2 atom stereocenters. The van der Waals surface area contributed by atoms with Crippen LogP contribution in [0, 0.1) is 18.8 Å². The van der Waals surface area contributed by atoms with E-state index in [1.807, 2.05) is 36.1 Å². The SMILES string of the molecule is Cc1ccc([C@@H]2OCCC[C@H]2C(=O)N2CCC(C(=O)O)CC2)cc1. The van der Waals surface area contributed by atoms with E-state index in [0.717, 1.165) is 18.4 Å². The van der Waals surface area contributed by atoms with E-state index in [2.05, 4.69) is 0 Å². The molecular formula is C19H25NO4. The molecule has 2 aliphatic heterocycles. The second kappa shape index (κ2) is 7.34. The van der Waals surface area contributed by atoms with Crippen molar-refractivity contribution < 1.29 is 19.4 Å². The maximum absolute atomic E-state index is 13.0. The van der Waals surface area contributed by atoms with Crippen LogP contribution in [0.4, 0.5) is 0 Å². The number of carbonyl (C=O) groups excluding carboxylic acids is 1. The fourth-order valence-electron chi connectivity index (χ4n) is 3.70. The van der Waals surface area contributed by atoms with Gasteiger partial charge in [-0.1, -0.05) is 29.8 Å².